The minimum Gasteiger partial charge on any atom is -0.440 e. The van der Waals surface area contributed by atoms with Crippen LogP contribution in [0.15, 0.2) is 40.8 Å². The Labute approximate surface area is 116 Å². The lowest BCUT2D eigenvalue weighted by Crippen LogP contribution is -1.91. The summed E-state index contributed by atoms with van der Waals surface area (Å²) in [5.41, 5.74) is 10.1. The molecule has 96 valence electrons. The minimum absolute atomic E-state index is 0.503. The summed E-state index contributed by atoms with van der Waals surface area (Å²) in [6, 6.07) is 11.6. The van der Waals surface area contributed by atoms with E-state index in [9.17, 15) is 0 Å². The molecule has 2 aromatic carbocycles. The number of nitrogens with zero attached hydrogens (tertiary/aromatic N) is 1. The molecule has 0 amide bonds. The summed E-state index contributed by atoms with van der Waals surface area (Å²) < 4.78 is 5.71. The van der Waals surface area contributed by atoms with Crippen LogP contribution in [-0.4, -0.2) is 4.98 Å². The quantitative estimate of drug-likeness (QED) is 0.718. The zero-order chi connectivity index (χ0) is 13.4. The lowest BCUT2D eigenvalue weighted by molar-refractivity contribution is 0.544. The maximum absolute atomic E-state index is 5.98. The van der Waals surface area contributed by atoms with Crippen LogP contribution in [0.25, 0.3) is 11.1 Å². The first kappa shape index (κ1) is 12.1. The summed E-state index contributed by atoms with van der Waals surface area (Å²) in [6.45, 7) is 2.08. The van der Waals surface area contributed by atoms with Gasteiger partial charge in [0.25, 0.3) is 0 Å². The Balaban J connectivity index is 2.00. The molecule has 0 aliphatic heterocycles. The molecule has 0 unspecified atom stereocenters. The summed E-state index contributed by atoms with van der Waals surface area (Å²) in [5.74, 6) is 0.672. The van der Waals surface area contributed by atoms with Gasteiger partial charge < -0.3 is 10.2 Å². The third-order valence-electron chi connectivity index (χ3n) is 3.15. The molecule has 3 aromatic rings. The van der Waals surface area contributed by atoms with E-state index in [0.29, 0.717) is 28.6 Å². The number of nitrogens with two attached hydrogens (primary N) is 1. The van der Waals surface area contributed by atoms with Gasteiger partial charge in [0, 0.05) is 12.5 Å². The highest BCUT2D eigenvalue weighted by Gasteiger charge is 2.10. The van der Waals surface area contributed by atoms with E-state index < -0.39 is 0 Å². The highest BCUT2D eigenvalue weighted by atomic mass is 35.5. The average Bonchev–Trinajstić information content (AvgIpc) is 2.74. The third-order valence-corrected chi connectivity index (χ3v) is 3.48. The van der Waals surface area contributed by atoms with E-state index in [4.69, 9.17) is 21.8 Å². The molecule has 0 fully saturated rings. The van der Waals surface area contributed by atoms with Gasteiger partial charge in [-0.2, -0.15) is 0 Å². The molecular weight excluding hydrogens is 260 g/mol. The Morgan fingerprint density at radius 2 is 2.05 bits per heavy atom. The van der Waals surface area contributed by atoms with Crippen molar-refractivity contribution in [1.29, 1.82) is 0 Å². The maximum Gasteiger partial charge on any atom is 0.199 e. The number of nitrogen functional groups attached to an aromatic ring is 1. The van der Waals surface area contributed by atoms with Gasteiger partial charge in [0.15, 0.2) is 11.5 Å². The molecule has 0 spiro atoms. The maximum atomic E-state index is 5.98. The Bertz CT molecular complexity index is 710. The van der Waals surface area contributed by atoms with Crippen molar-refractivity contribution in [3.8, 4) is 0 Å². The molecule has 0 saturated carbocycles. The minimum atomic E-state index is 0.503. The summed E-state index contributed by atoms with van der Waals surface area (Å²) in [7, 11) is 0. The number of oxazole rings is 1. The van der Waals surface area contributed by atoms with Gasteiger partial charge in [-0.05, 0) is 24.1 Å². The van der Waals surface area contributed by atoms with Gasteiger partial charge in [0.1, 0.15) is 5.52 Å². The van der Waals surface area contributed by atoms with Crippen molar-refractivity contribution in [2.24, 2.45) is 0 Å². The fraction of sp³-hybridized carbons (Fsp3) is 0.133. The first-order valence-electron chi connectivity index (χ1n) is 6.02. The highest BCUT2D eigenvalue weighted by Crippen LogP contribution is 2.27. The predicted molar refractivity (Wildman–Crippen MR) is 77.4 cm³/mol. The second-order valence-electron chi connectivity index (χ2n) is 4.55. The number of halogens is 1. The number of aromatic nitrogens is 1. The molecule has 4 heteroatoms. The van der Waals surface area contributed by atoms with Crippen LogP contribution in [0, 0.1) is 6.92 Å². The van der Waals surface area contributed by atoms with E-state index >= 15 is 0 Å². The molecule has 0 atom stereocenters. The van der Waals surface area contributed by atoms with Crippen LogP contribution < -0.4 is 5.73 Å². The topological polar surface area (TPSA) is 52.0 Å². The summed E-state index contributed by atoms with van der Waals surface area (Å²) in [4.78, 5) is 4.44. The summed E-state index contributed by atoms with van der Waals surface area (Å²) >= 11 is 5.98. The van der Waals surface area contributed by atoms with Gasteiger partial charge in [-0.15, -0.1) is 0 Å². The second-order valence-corrected chi connectivity index (χ2v) is 4.96. The SMILES string of the molecule is Cc1ccccc1Cc1nc2cc(Cl)c(N)cc2o1. The molecule has 0 aliphatic carbocycles. The molecule has 0 saturated heterocycles. The van der Waals surface area contributed by atoms with Gasteiger partial charge in [-0.25, -0.2) is 4.98 Å². The van der Waals surface area contributed by atoms with Crippen LogP contribution in [0.4, 0.5) is 5.69 Å². The largest absolute Gasteiger partial charge is 0.440 e. The van der Waals surface area contributed by atoms with Crippen LogP contribution in [0.3, 0.4) is 0 Å². The number of rotatable bonds is 2. The van der Waals surface area contributed by atoms with Crippen molar-refractivity contribution in [2.45, 2.75) is 13.3 Å². The fourth-order valence-electron chi connectivity index (χ4n) is 2.06. The van der Waals surface area contributed by atoms with Crippen molar-refractivity contribution in [3.63, 3.8) is 0 Å². The predicted octanol–water partition coefficient (Wildman–Crippen LogP) is 3.96. The normalized spacial score (nSPS) is 11.1. The first-order chi connectivity index (χ1) is 9.13. The van der Waals surface area contributed by atoms with Crippen molar-refractivity contribution in [1.82, 2.24) is 4.98 Å². The number of fused-ring (bicyclic) bond motifs is 1. The van der Waals surface area contributed by atoms with E-state index in [2.05, 4.69) is 24.0 Å². The molecule has 3 rings (SSSR count). The molecule has 1 aromatic heterocycles. The third kappa shape index (κ3) is 2.29. The van der Waals surface area contributed by atoms with Crippen LogP contribution in [-0.2, 0) is 6.42 Å². The van der Waals surface area contributed by atoms with Crippen LogP contribution in [0.2, 0.25) is 5.02 Å². The Kier molecular flexibility index (Phi) is 2.91. The molecule has 19 heavy (non-hydrogen) atoms. The smallest absolute Gasteiger partial charge is 0.199 e. The van der Waals surface area contributed by atoms with Crippen molar-refractivity contribution < 1.29 is 4.42 Å². The molecule has 0 radical (unpaired) electrons. The molecule has 0 aliphatic rings. The lowest BCUT2D eigenvalue weighted by Gasteiger charge is -2.01. The average molecular weight is 273 g/mol. The molecule has 0 bridgehead atoms. The fourth-order valence-corrected chi connectivity index (χ4v) is 2.22. The van der Waals surface area contributed by atoms with E-state index in [-0.39, 0.29) is 0 Å². The molecule has 1 heterocycles. The number of benzene rings is 2. The Morgan fingerprint density at radius 1 is 1.26 bits per heavy atom. The van der Waals surface area contributed by atoms with Gasteiger partial charge in [-0.3, -0.25) is 0 Å². The number of hydrogen-bond acceptors (Lipinski definition) is 3. The molecule has 3 nitrogen and oxygen atoms in total. The standard InChI is InChI=1S/C15H13ClN2O/c1-9-4-2-3-5-10(9)6-15-18-13-7-11(16)12(17)8-14(13)19-15/h2-5,7-8H,6,17H2,1H3. The zero-order valence-corrected chi connectivity index (χ0v) is 11.2. The van der Waals surface area contributed by atoms with Crippen molar-refractivity contribution in [2.75, 3.05) is 5.73 Å². The second kappa shape index (κ2) is 4.59. The Morgan fingerprint density at radius 3 is 2.84 bits per heavy atom. The molecular formula is C15H13ClN2O. The summed E-state index contributed by atoms with van der Waals surface area (Å²) in [5, 5.41) is 0.503. The summed E-state index contributed by atoms with van der Waals surface area (Å²) in [6.07, 6.45) is 0.666. The number of hydrogen-bond donors (Lipinski definition) is 1. The Hall–Kier alpha value is -2.00. The molecule has 2 N–H and O–H groups in total. The number of aryl methyl sites for hydroxylation is 1. The highest BCUT2D eigenvalue weighted by molar-refractivity contribution is 6.33. The van der Waals surface area contributed by atoms with Crippen molar-refractivity contribution in [3.05, 3.63) is 58.4 Å². The van der Waals surface area contributed by atoms with E-state index in [0.717, 1.165) is 5.52 Å². The van der Waals surface area contributed by atoms with E-state index in [1.54, 1.807) is 12.1 Å². The van der Waals surface area contributed by atoms with Crippen LogP contribution >= 0.6 is 11.6 Å². The van der Waals surface area contributed by atoms with Gasteiger partial charge >= 0.3 is 0 Å². The van der Waals surface area contributed by atoms with Gasteiger partial charge in [0.05, 0.1) is 10.7 Å². The monoisotopic (exact) mass is 272 g/mol. The van der Waals surface area contributed by atoms with E-state index in [1.807, 2.05) is 12.1 Å². The van der Waals surface area contributed by atoms with Gasteiger partial charge in [0.2, 0.25) is 0 Å². The van der Waals surface area contributed by atoms with Gasteiger partial charge in [-0.1, -0.05) is 35.9 Å². The lowest BCUT2D eigenvalue weighted by atomic mass is 10.1. The van der Waals surface area contributed by atoms with E-state index in [1.165, 1.54) is 11.1 Å². The number of anilines is 1. The van der Waals surface area contributed by atoms with Crippen molar-refractivity contribution >= 4 is 28.4 Å². The zero-order valence-electron chi connectivity index (χ0n) is 10.5. The van der Waals surface area contributed by atoms with Crippen LogP contribution in [0.1, 0.15) is 17.0 Å². The first-order valence-corrected chi connectivity index (χ1v) is 6.40. The van der Waals surface area contributed by atoms with Crippen LogP contribution in [0.5, 0.6) is 0 Å².